The Morgan fingerprint density at radius 3 is 2.51 bits per heavy atom. The number of ether oxygens (including phenoxy) is 2. The Bertz CT molecular complexity index is 1240. The second-order valence-corrected chi connectivity index (χ2v) is 10.1. The molecule has 1 aliphatic rings. The predicted molar refractivity (Wildman–Crippen MR) is 149 cm³/mol. The van der Waals surface area contributed by atoms with Gasteiger partial charge in [0.25, 0.3) is 0 Å². The van der Waals surface area contributed by atoms with Crippen molar-refractivity contribution in [1.29, 1.82) is 0 Å². The molecule has 200 valence electrons. The second-order valence-electron chi connectivity index (χ2n) is 8.47. The molecule has 4 rings (SSSR count). The highest BCUT2D eigenvalue weighted by Gasteiger charge is 2.32. The number of hydrogen-bond acceptors (Lipinski definition) is 8. The van der Waals surface area contributed by atoms with Crippen molar-refractivity contribution < 1.29 is 14.3 Å². The fourth-order valence-corrected chi connectivity index (χ4v) is 5.39. The maximum Gasteiger partial charge on any atom is 0.222 e. The average molecular weight is 568 g/mol. The molecule has 3 N–H and O–H groups in total. The molecule has 0 aliphatic carbocycles. The third kappa shape index (κ3) is 6.76. The van der Waals surface area contributed by atoms with Gasteiger partial charge in [-0.15, -0.1) is 33.9 Å². The van der Waals surface area contributed by atoms with Gasteiger partial charge in [-0.1, -0.05) is 23.7 Å². The Morgan fingerprint density at radius 2 is 1.81 bits per heavy atom. The number of fused-ring (bicyclic) bond motifs is 3. The molecular weight excluding hydrogens is 535 g/mol. The van der Waals surface area contributed by atoms with E-state index in [9.17, 15) is 4.79 Å². The van der Waals surface area contributed by atoms with Crippen LogP contribution in [0, 0.1) is 20.8 Å². The van der Waals surface area contributed by atoms with E-state index in [1.165, 1.54) is 4.88 Å². The molecule has 1 aromatic carbocycles. The molecule has 9 nitrogen and oxygen atoms in total. The first-order chi connectivity index (χ1) is 17.4. The Morgan fingerprint density at radius 1 is 1.11 bits per heavy atom. The Labute approximate surface area is 231 Å². The van der Waals surface area contributed by atoms with E-state index in [0.29, 0.717) is 50.4 Å². The average Bonchev–Trinajstić information content (AvgIpc) is 3.33. The first-order valence-electron chi connectivity index (χ1n) is 11.9. The number of carbonyl (C=O) groups is 1. The maximum absolute atomic E-state index is 12.9. The SMILES string of the molecule is Cc1sc2c(c1C)C(c1ccc(Cl)cc1)=N[C@@H](CC(=O)NCCOCCOCCN)c1nnc(C)n1-2.Cl. The van der Waals surface area contributed by atoms with Crippen LogP contribution in [0.25, 0.3) is 5.00 Å². The highest BCUT2D eigenvalue weighted by molar-refractivity contribution is 7.15. The van der Waals surface area contributed by atoms with Gasteiger partial charge in [-0.3, -0.25) is 14.4 Å². The minimum absolute atomic E-state index is 0. The Balaban J connectivity index is 0.00000380. The van der Waals surface area contributed by atoms with Crippen molar-refractivity contribution in [3.8, 4) is 5.00 Å². The normalized spacial score (nSPS) is 14.3. The number of nitrogens with one attached hydrogen (secondary N) is 1. The molecule has 0 spiro atoms. The number of amides is 1. The maximum atomic E-state index is 12.9. The van der Waals surface area contributed by atoms with Crippen molar-refractivity contribution in [2.24, 2.45) is 10.7 Å². The highest BCUT2D eigenvalue weighted by atomic mass is 35.5. The van der Waals surface area contributed by atoms with Crippen molar-refractivity contribution in [3.05, 3.63) is 62.5 Å². The smallest absolute Gasteiger partial charge is 0.222 e. The zero-order valence-electron chi connectivity index (χ0n) is 21.1. The molecule has 3 aromatic rings. The Kier molecular flexibility index (Phi) is 10.6. The zero-order chi connectivity index (χ0) is 25.7. The summed E-state index contributed by atoms with van der Waals surface area (Å²) in [6.45, 7) is 8.84. The lowest BCUT2D eigenvalue weighted by molar-refractivity contribution is -0.121. The molecule has 0 bridgehead atoms. The number of nitrogens with zero attached hydrogens (tertiary/aromatic N) is 4. The summed E-state index contributed by atoms with van der Waals surface area (Å²) in [7, 11) is 0. The number of rotatable bonds is 11. The van der Waals surface area contributed by atoms with Crippen LogP contribution < -0.4 is 11.1 Å². The molecule has 0 saturated heterocycles. The van der Waals surface area contributed by atoms with Gasteiger partial charge in [0.1, 0.15) is 16.9 Å². The summed E-state index contributed by atoms with van der Waals surface area (Å²) in [6, 6.07) is 7.13. The van der Waals surface area contributed by atoms with Gasteiger partial charge in [0.15, 0.2) is 5.82 Å². The molecule has 1 amide bonds. The van der Waals surface area contributed by atoms with Crippen LogP contribution in [0.2, 0.25) is 5.02 Å². The molecule has 1 aliphatic heterocycles. The lowest BCUT2D eigenvalue weighted by Crippen LogP contribution is -2.29. The summed E-state index contributed by atoms with van der Waals surface area (Å²) in [5.41, 5.74) is 9.34. The number of aryl methyl sites for hydroxylation is 2. The summed E-state index contributed by atoms with van der Waals surface area (Å²) in [5, 5.41) is 13.4. The van der Waals surface area contributed by atoms with Crippen molar-refractivity contribution in [2.75, 3.05) is 39.5 Å². The molecule has 0 fully saturated rings. The molecule has 2 aromatic heterocycles. The van der Waals surface area contributed by atoms with E-state index in [-0.39, 0.29) is 24.7 Å². The lowest BCUT2D eigenvalue weighted by Gasteiger charge is -2.13. The first-order valence-corrected chi connectivity index (χ1v) is 13.1. The van der Waals surface area contributed by atoms with Crippen molar-refractivity contribution in [3.63, 3.8) is 0 Å². The van der Waals surface area contributed by atoms with Crippen molar-refractivity contribution in [1.82, 2.24) is 20.1 Å². The van der Waals surface area contributed by atoms with E-state index in [1.807, 2.05) is 35.8 Å². The lowest BCUT2D eigenvalue weighted by atomic mass is 9.99. The van der Waals surface area contributed by atoms with Gasteiger partial charge in [0.2, 0.25) is 5.91 Å². The van der Waals surface area contributed by atoms with Crippen LogP contribution in [-0.2, 0) is 14.3 Å². The summed E-state index contributed by atoms with van der Waals surface area (Å²) >= 11 is 7.84. The molecule has 1 atom stereocenters. The molecule has 12 heteroatoms. The van der Waals surface area contributed by atoms with E-state index in [1.54, 1.807) is 11.3 Å². The fraction of sp³-hybridized carbons (Fsp3) is 0.440. The number of aliphatic imine (C=N–C) groups is 1. The number of aromatic nitrogens is 3. The summed E-state index contributed by atoms with van der Waals surface area (Å²) < 4.78 is 12.8. The number of nitrogens with two attached hydrogens (primary N) is 1. The van der Waals surface area contributed by atoms with Gasteiger partial charge < -0.3 is 20.5 Å². The molecule has 0 unspecified atom stereocenters. The third-order valence-electron chi connectivity index (χ3n) is 5.94. The van der Waals surface area contributed by atoms with E-state index in [2.05, 4.69) is 29.4 Å². The van der Waals surface area contributed by atoms with Crippen LogP contribution in [0.15, 0.2) is 29.3 Å². The van der Waals surface area contributed by atoms with Crippen LogP contribution >= 0.6 is 35.3 Å². The first kappa shape index (κ1) is 29.2. The van der Waals surface area contributed by atoms with Crippen LogP contribution in [0.4, 0.5) is 0 Å². The number of benzene rings is 1. The summed E-state index contributed by atoms with van der Waals surface area (Å²) in [6.07, 6.45) is 0.141. The predicted octanol–water partition coefficient (Wildman–Crippen LogP) is 3.72. The monoisotopic (exact) mass is 566 g/mol. The van der Waals surface area contributed by atoms with Crippen LogP contribution in [0.5, 0.6) is 0 Å². The van der Waals surface area contributed by atoms with E-state index >= 15 is 0 Å². The number of thiophene rings is 1. The van der Waals surface area contributed by atoms with Gasteiger partial charge in [-0.2, -0.15) is 0 Å². The zero-order valence-corrected chi connectivity index (χ0v) is 23.5. The molecule has 3 heterocycles. The van der Waals surface area contributed by atoms with Gasteiger partial charge in [-0.05, 0) is 38.5 Å². The van der Waals surface area contributed by atoms with Gasteiger partial charge in [0.05, 0.1) is 38.6 Å². The largest absolute Gasteiger partial charge is 0.378 e. The molecule has 0 radical (unpaired) electrons. The standard InChI is InChI=1S/C25H31ClN6O3S.ClH/c1-15-16(2)36-25-22(15)23(18-4-6-19(26)7-5-18)29-20(24-31-30-17(3)32(24)25)14-21(33)28-9-11-35-13-12-34-10-8-27;/h4-7,20H,8-14,27H2,1-3H3,(H,28,33);1H/t20-;/m0./s1. The Hall–Kier alpha value is -2.34. The van der Waals surface area contributed by atoms with Gasteiger partial charge in [0, 0.05) is 34.1 Å². The molecule has 37 heavy (non-hydrogen) atoms. The third-order valence-corrected chi connectivity index (χ3v) is 7.38. The second kappa shape index (κ2) is 13.5. The van der Waals surface area contributed by atoms with Crippen LogP contribution in [0.1, 0.15) is 45.7 Å². The number of carbonyl (C=O) groups excluding carboxylic acids is 1. The van der Waals surface area contributed by atoms with Crippen LogP contribution in [-0.4, -0.2) is 65.9 Å². The van der Waals surface area contributed by atoms with E-state index in [4.69, 9.17) is 31.8 Å². The highest BCUT2D eigenvalue weighted by Crippen LogP contribution is 2.39. The topological polar surface area (TPSA) is 117 Å². The fourth-order valence-electron chi connectivity index (χ4n) is 4.05. The number of hydrogen-bond donors (Lipinski definition) is 2. The molecular formula is C25H32Cl2N6O3S. The van der Waals surface area contributed by atoms with Crippen molar-refractivity contribution in [2.45, 2.75) is 33.2 Å². The van der Waals surface area contributed by atoms with Gasteiger partial charge >= 0.3 is 0 Å². The van der Waals surface area contributed by atoms with Crippen molar-refractivity contribution >= 4 is 47.0 Å². The summed E-state index contributed by atoms with van der Waals surface area (Å²) in [5.74, 6) is 1.28. The van der Waals surface area contributed by atoms with E-state index in [0.717, 1.165) is 33.2 Å². The quantitative estimate of drug-likeness (QED) is 0.341. The van der Waals surface area contributed by atoms with Gasteiger partial charge in [-0.25, -0.2) is 0 Å². The summed E-state index contributed by atoms with van der Waals surface area (Å²) in [4.78, 5) is 19.2. The van der Waals surface area contributed by atoms with E-state index < -0.39 is 6.04 Å². The minimum atomic E-state index is -0.498. The molecule has 0 saturated carbocycles. The van der Waals surface area contributed by atoms with Crippen LogP contribution in [0.3, 0.4) is 0 Å². The number of halogens is 2. The minimum Gasteiger partial charge on any atom is -0.378 e.